The number of amides is 1. The second-order valence-electron chi connectivity index (χ2n) is 5.65. The number of hydrogen-bond acceptors (Lipinski definition) is 7. The molecule has 0 radical (unpaired) electrons. The van der Waals surface area contributed by atoms with Gasteiger partial charge in [-0.3, -0.25) is 14.4 Å². The fourth-order valence-electron chi connectivity index (χ4n) is 2.59. The van der Waals surface area contributed by atoms with E-state index in [4.69, 9.17) is 15.2 Å². The molecule has 2 rings (SSSR count). The van der Waals surface area contributed by atoms with Gasteiger partial charge in [-0.15, -0.1) is 0 Å². The van der Waals surface area contributed by atoms with Crippen molar-refractivity contribution >= 4 is 29.3 Å². The Morgan fingerprint density at radius 1 is 1.20 bits per heavy atom. The van der Waals surface area contributed by atoms with Crippen LogP contribution < -0.4 is 11.1 Å². The topological polar surface area (TPSA) is 125 Å². The number of carbonyl (C=O) groups is 4. The number of Topliss-reactive ketones (excluding diaryl/α,β-unsaturated/α-hetero) is 1. The van der Waals surface area contributed by atoms with Crippen molar-refractivity contribution in [2.75, 3.05) is 18.5 Å². The lowest BCUT2D eigenvalue weighted by molar-refractivity contribution is -0.152. The van der Waals surface area contributed by atoms with E-state index in [1.165, 1.54) is 25.1 Å². The van der Waals surface area contributed by atoms with E-state index in [-0.39, 0.29) is 18.8 Å². The fourth-order valence-corrected chi connectivity index (χ4v) is 2.59. The largest absolute Gasteiger partial charge is 0.465 e. The molecule has 0 saturated carbocycles. The monoisotopic (exact) mass is 348 g/mol. The average molecular weight is 348 g/mol. The lowest BCUT2D eigenvalue weighted by Gasteiger charge is -2.20. The molecule has 3 N–H and O–H groups in total. The summed E-state index contributed by atoms with van der Waals surface area (Å²) in [6.07, 6.45) is 0. The summed E-state index contributed by atoms with van der Waals surface area (Å²) in [5.41, 5.74) is 4.87. The predicted octanol–water partition coefficient (Wildman–Crippen LogP) is 0.533. The van der Waals surface area contributed by atoms with Gasteiger partial charge in [0.15, 0.2) is 17.2 Å². The number of ketones is 1. The molecule has 134 valence electrons. The van der Waals surface area contributed by atoms with Gasteiger partial charge in [0, 0.05) is 16.8 Å². The van der Waals surface area contributed by atoms with Crippen molar-refractivity contribution in [3.8, 4) is 0 Å². The maximum atomic E-state index is 12.4. The Kier molecular flexibility index (Phi) is 5.22. The number of esters is 2. The van der Waals surface area contributed by atoms with Gasteiger partial charge < -0.3 is 20.5 Å². The van der Waals surface area contributed by atoms with Crippen molar-refractivity contribution in [3.05, 3.63) is 29.3 Å². The predicted molar refractivity (Wildman–Crippen MR) is 88.0 cm³/mol. The van der Waals surface area contributed by atoms with Crippen LogP contribution in [0.15, 0.2) is 18.2 Å². The van der Waals surface area contributed by atoms with Crippen LogP contribution in [0.4, 0.5) is 5.69 Å². The van der Waals surface area contributed by atoms with Crippen LogP contribution in [0.1, 0.15) is 36.7 Å². The number of rotatable bonds is 6. The van der Waals surface area contributed by atoms with E-state index in [1.807, 2.05) is 0 Å². The number of nitrogens with two attached hydrogens (primary N) is 1. The number of carbonyl (C=O) groups excluding carboxylic acids is 4. The van der Waals surface area contributed by atoms with E-state index in [9.17, 15) is 19.2 Å². The van der Waals surface area contributed by atoms with Crippen LogP contribution in [0.3, 0.4) is 0 Å². The molecule has 25 heavy (non-hydrogen) atoms. The van der Waals surface area contributed by atoms with Crippen molar-refractivity contribution < 1.29 is 28.7 Å². The molecule has 0 fully saturated rings. The molecule has 1 aliphatic heterocycles. The maximum absolute atomic E-state index is 12.4. The molecule has 1 heterocycles. The number of ether oxygens (including phenoxy) is 2. The zero-order chi connectivity index (χ0) is 18.8. The Labute approximate surface area is 144 Å². The van der Waals surface area contributed by atoms with E-state index in [2.05, 4.69) is 5.32 Å². The van der Waals surface area contributed by atoms with Gasteiger partial charge in [-0.05, 0) is 39.0 Å². The molecule has 0 saturated heterocycles. The Morgan fingerprint density at radius 3 is 2.44 bits per heavy atom. The highest BCUT2D eigenvalue weighted by Gasteiger charge is 2.50. The van der Waals surface area contributed by atoms with Crippen molar-refractivity contribution in [1.82, 2.24) is 0 Å². The third-order valence-electron chi connectivity index (χ3n) is 4.05. The molecule has 0 aliphatic carbocycles. The number of hydrogen-bond donors (Lipinski definition) is 2. The summed E-state index contributed by atoms with van der Waals surface area (Å²) in [6.45, 7) is 4.87. The van der Waals surface area contributed by atoms with Gasteiger partial charge in [0.2, 0.25) is 5.91 Å². The highest BCUT2D eigenvalue weighted by atomic mass is 16.5. The van der Waals surface area contributed by atoms with Crippen LogP contribution >= 0.6 is 0 Å². The molecule has 0 aromatic heterocycles. The first-order chi connectivity index (χ1) is 11.8. The Hall–Kier alpha value is -2.74. The Bertz CT molecular complexity index is 745. The van der Waals surface area contributed by atoms with E-state index in [1.54, 1.807) is 13.8 Å². The lowest BCUT2D eigenvalue weighted by atomic mass is 9.82. The van der Waals surface area contributed by atoms with Crippen LogP contribution in [0.2, 0.25) is 0 Å². The van der Waals surface area contributed by atoms with Crippen LogP contribution in [0.5, 0.6) is 0 Å². The van der Waals surface area contributed by atoms with E-state index < -0.39 is 35.1 Å². The van der Waals surface area contributed by atoms with E-state index in [0.29, 0.717) is 11.3 Å². The fraction of sp³-hybridized carbons (Fsp3) is 0.412. The smallest absolute Gasteiger partial charge is 0.331 e. The third kappa shape index (κ3) is 3.12. The van der Waals surface area contributed by atoms with Crippen molar-refractivity contribution in [3.63, 3.8) is 0 Å². The Morgan fingerprint density at radius 2 is 1.84 bits per heavy atom. The second-order valence-corrected chi connectivity index (χ2v) is 5.65. The minimum Gasteiger partial charge on any atom is -0.465 e. The first-order valence-corrected chi connectivity index (χ1v) is 7.87. The zero-order valence-electron chi connectivity index (χ0n) is 14.3. The molecule has 1 amide bonds. The molecule has 8 nitrogen and oxygen atoms in total. The normalized spacial score (nSPS) is 19.6. The van der Waals surface area contributed by atoms with Crippen molar-refractivity contribution in [1.29, 1.82) is 0 Å². The summed E-state index contributed by atoms with van der Waals surface area (Å²) in [4.78, 5) is 48.6. The maximum Gasteiger partial charge on any atom is 0.331 e. The number of benzene rings is 1. The van der Waals surface area contributed by atoms with Crippen molar-refractivity contribution in [2.45, 2.75) is 32.2 Å². The molecular formula is C17H20N2O6. The summed E-state index contributed by atoms with van der Waals surface area (Å²) in [5.74, 6) is -2.76. The van der Waals surface area contributed by atoms with Crippen LogP contribution in [0.25, 0.3) is 0 Å². The first kappa shape index (κ1) is 18.6. The van der Waals surface area contributed by atoms with Gasteiger partial charge in [-0.2, -0.15) is 0 Å². The molecule has 0 bridgehead atoms. The standard InChI is InChI=1S/C17H20N2O6/c1-4-24-14(21)12(18)13(20)9-6-7-11-10(8-9)17(3,15(22)19-11)16(23)25-5-2/h6-8,12H,4-5,18H2,1-3H3,(H,19,22). The van der Waals surface area contributed by atoms with Crippen LogP contribution in [0, 0.1) is 0 Å². The minimum atomic E-state index is -1.57. The number of nitrogens with one attached hydrogen (secondary N) is 1. The summed E-state index contributed by atoms with van der Waals surface area (Å²) in [6, 6.07) is 2.82. The minimum absolute atomic E-state index is 0.101. The number of fused-ring (bicyclic) bond motifs is 1. The molecule has 2 unspecified atom stereocenters. The molecule has 1 aromatic carbocycles. The molecule has 2 atom stereocenters. The molecule has 8 heteroatoms. The summed E-state index contributed by atoms with van der Waals surface area (Å²) in [5, 5.41) is 2.59. The van der Waals surface area contributed by atoms with Gasteiger partial charge in [-0.1, -0.05) is 0 Å². The van der Waals surface area contributed by atoms with Gasteiger partial charge in [-0.25, -0.2) is 4.79 Å². The Balaban J connectivity index is 2.40. The summed E-state index contributed by atoms with van der Waals surface area (Å²) in [7, 11) is 0. The molecule has 0 spiro atoms. The highest BCUT2D eigenvalue weighted by Crippen LogP contribution is 2.39. The van der Waals surface area contributed by atoms with Crippen LogP contribution in [-0.2, 0) is 29.3 Å². The molecular weight excluding hydrogens is 328 g/mol. The zero-order valence-corrected chi connectivity index (χ0v) is 14.3. The summed E-state index contributed by atoms with van der Waals surface area (Å²) < 4.78 is 9.73. The average Bonchev–Trinajstić information content (AvgIpc) is 2.85. The van der Waals surface area contributed by atoms with Gasteiger partial charge >= 0.3 is 11.9 Å². The van der Waals surface area contributed by atoms with E-state index >= 15 is 0 Å². The van der Waals surface area contributed by atoms with Gasteiger partial charge in [0.1, 0.15) is 0 Å². The highest BCUT2D eigenvalue weighted by molar-refractivity contribution is 6.20. The second kappa shape index (κ2) is 7.02. The molecule has 1 aromatic rings. The third-order valence-corrected chi connectivity index (χ3v) is 4.05. The number of anilines is 1. The first-order valence-electron chi connectivity index (χ1n) is 7.87. The van der Waals surface area contributed by atoms with Gasteiger partial charge in [0.25, 0.3) is 0 Å². The van der Waals surface area contributed by atoms with Crippen LogP contribution in [-0.4, -0.2) is 42.9 Å². The summed E-state index contributed by atoms with van der Waals surface area (Å²) >= 11 is 0. The SMILES string of the molecule is CCOC(=O)C(N)C(=O)c1ccc2c(c1)C(C)(C(=O)OCC)C(=O)N2. The lowest BCUT2D eigenvalue weighted by Crippen LogP contribution is -2.41. The van der Waals surface area contributed by atoms with Crippen molar-refractivity contribution in [2.24, 2.45) is 5.73 Å². The van der Waals surface area contributed by atoms with Gasteiger partial charge in [0.05, 0.1) is 13.2 Å². The molecule has 1 aliphatic rings. The quantitative estimate of drug-likeness (QED) is 0.436. The van der Waals surface area contributed by atoms with E-state index in [0.717, 1.165) is 0 Å².